The zero-order chi connectivity index (χ0) is 13.2. The molecule has 2 nitrogen and oxygen atoms in total. The zero-order valence-electron chi connectivity index (χ0n) is 9.93. The van der Waals surface area contributed by atoms with E-state index in [-0.39, 0.29) is 12.0 Å². The Hall–Kier alpha value is -1.07. The van der Waals surface area contributed by atoms with Crippen molar-refractivity contribution < 1.29 is 18.3 Å². The number of alkyl halides is 3. The maximum absolute atomic E-state index is 12.3. The van der Waals surface area contributed by atoms with Crippen molar-refractivity contribution in [3.63, 3.8) is 0 Å². The molecule has 0 radical (unpaired) electrons. The Labute approximate surface area is 104 Å². The van der Waals surface area contributed by atoms with Crippen molar-refractivity contribution in [1.82, 2.24) is 5.32 Å². The number of nitrogens with one attached hydrogen (secondary N) is 1. The summed E-state index contributed by atoms with van der Waals surface area (Å²) in [6, 6.07) is 5.15. The maximum atomic E-state index is 12.3. The van der Waals surface area contributed by atoms with E-state index < -0.39 is 11.7 Å². The molecule has 100 valence electrons. The summed E-state index contributed by atoms with van der Waals surface area (Å²) in [7, 11) is 0. The predicted molar refractivity (Wildman–Crippen MR) is 61.9 cm³/mol. The highest BCUT2D eigenvalue weighted by molar-refractivity contribution is 5.24. The Morgan fingerprint density at radius 1 is 1.17 bits per heavy atom. The second kappa shape index (κ2) is 4.90. The van der Waals surface area contributed by atoms with Gasteiger partial charge in [-0.1, -0.05) is 12.1 Å². The number of aliphatic hydroxyl groups excluding tert-OH is 1. The Kier molecular flexibility index (Phi) is 3.64. The largest absolute Gasteiger partial charge is 0.416 e. The summed E-state index contributed by atoms with van der Waals surface area (Å²) in [5.41, 5.74) is 0.211. The maximum Gasteiger partial charge on any atom is 0.416 e. The molecule has 2 rings (SSSR count). The van der Waals surface area contributed by atoms with Gasteiger partial charge in [-0.15, -0.1) is 0 Å². The van der Waals surface area contributed by atoms with E-state index in [1.807, 2.05) is 0 Å². The second-order valence-electron chi connectivity index (χ2n) is 4.96. The molecular weight excluding hydrogens is 243 g/mol. The molecule has 0 saturated heterocycles. The number of rotatable bonds is 5. The Balaban J connectivity index is 1.83. The molecule has 0 bridgehead atoms. The van der Waals surface area contributed by atoms with Gasteiger partial charge in [-0.2, -0.15) is 13.2 Å². The van der Waals surface area contributed by atoms with E-state index in [4.69, 9.17) is 5.11 Å². The van der Waals surface area contributed by atoms with Crippen molar-refractivity contribution in [2.45, 2.75) is 25.6 Å². The second-order valence-corrected chi connectivity index (χ2v) is 4.96. The molecule has 1 aliphatic carbocycles. The van der Waals surface area contributed by atoms with Gasteiger partial charge < -0.3 is 10.4 Å². The summed E-state index contributed by atoms with van der Waals surface area (Å²) in [5.74, 6) is 0. The highest BCUT2D eigenvalue weighted by Gasteiger charge is 2.41. The molecule has 2 N–H and O–H groups in total. The molecule has 1 aromatic rings. The van der Waals surface area contributed by atoms with Crippen LogP contribution in [0.5, 0.6) is 0 Å². The fraction of sp³-hybridized carbons (Fsp3) is 0.538. The van der Waals surface area contributed by atoms with Gasteiger partial charge in [0.2, 0.25) is 0 Å². The molecule has 0 atom stereocenters. The van der Waals surface area contributed by atoms with Crippen LogP contribution in [-0.4, -0.2) is 18.3 Å². The third-order valence-electron chi connectivity index (χ3n) is 3.40. The van der Waals surface area contributed by atoms with Crippen molar-refractivity contribution in [3.05, 3.63) is 35.4 Å². The molecule has 18 heavy (non-hydrogen) atoms. The lowest BCUT2D eigenvalue weighted by molar-refractivity contribution is -0.137. The lowest BCUT2D eigenvalue weighted by Gasteiger charge is -2.13. The van der Waals surface area contributed by atoms with Crippen molar-refractivity contribution in [3.8, 4) is 0 Å². The molecule has 0 unspecified atom stereocenters. The molecule has 0 spiro atoms. The molecular formula is C13H16F3NO. The summed E-state index contributed by atoms with van der Waals surface area (Å²) < 4.78 is 37.0. The van der Waals surface area contributed by atoms with Crippen LogP contribution in [0.1, 0.15) is 24.0 Å². The minimum Gasteiger partial charge on any atom is -0.396 e. The van der Waals surface area contributed by atoms with Crippen molar-refractivity contribution >= 4 is 0 Å². The van der Waals surface area contributed by atoms with E-state index in [1.54, 1.807) is 0 Å². The van der Waals surface area contributed by atoms with Crippen LogP contribution in [0.15, 0.2) is 24.3 Å². The van der Waals surface area contributed by atoms with Crippen LogP contribution in [0.4, 0.5) is 13.2 Å². The van der Waals surface area contributed by atoms with Gasteiger partial charge in [-0.25, -0.2) is 0 Å². The smallest absolute Gasteiger partial charge is 0.396 e. The third kappa shape index (κ3) is 3.23. The van der Waals surface area contributed by atoms with Gasteiger partial charge in [0.15, 0.2) is 0 Å². The number of hydrogen-bond acceptors (Lipinski definition) is 2. The van der Waals surface area contributed by atoms with Gasteiger partial charge in [0.05, 0.1) is 5.56 Å². The third-order valence-corrected chi connectivity index (χ3v) is 3.40. The number of benzene rings is 1. The van der Waals surface area contributed by atoms with Crippen LogP contribution in [0.25, 0.3) is 0 Å². The van der Waals surface area contributed by atoms with E-state index in [2.05, 4.69) is 5.32 Å². The minimum atomic E-state index is -4.28. The van der Waals surface area contributed by atoms with Gasteiger partial charge in [0.1, 0.15) is 0 Å². The Morgan fingerprint density at radius 2 is 1.78 bits per heavy atom. The van der Waals surface area contributed by atoms with E-state index in [1.165, 1.54) is 12.1 Å². The Bertz CT molecular complexity index is 396. The molecule has 0 amide bonds. The van der Waals surface area contributed by atoms with Crippen LogP contribution in [-0.2, 0) is 12.7 Å². The quantitative estimate of drug-likeness (QED) is 0.851. The first-order chi connectivity index (χ1) is 8.45. The molecule has 0 aromatic heterocycles. The fourth-order valence-electron chi connectivity index (χ4n) is 1.85. The summed E-state index contributed by atoms with van der Waals surface area (Å²) in [6.07, 6.45) is -2.24. The summed E-state index contributed by atoms with van der Waals surface area (Å²) >= 11 is 0. The molecule has 0 aliphatic heterocycles. The first kappa shape index (κ1) is 13.4. The van der Waals surface area contributed by atoms with Crippen LogP contribution < -0.4 is 5.32 Å². The standard InChI is InChI=1S/C13H16F3NO/c14-13(15,16)11-3-1-10(2-4-11)7-17-8-12(9-18)5-6-12/h1-4,17-18H,5-9H2. The topological polar surface area (TPSA) is 32.3 Å². The number of halogens is 3. The number of aliphatic hydroxyl groups is 1. The van der Waals surface area contributed by atoms with Crippen molar-refractivity contribution in [1.29, 1.82) is 0 Å². The molecule has 1 fully saturated rings. The monoisotopic (exact) mass is 259 g/mol. The van der Waals surface area contributed by atoms with Gasteiger partial charge in [0, 0.05) is 25.1 Å². The van der Waals surface area contributed by atoms with Gasteiger partial charge in [-0.3, -0.25) is 0 Å². The molecule has 1 aliphatic rings. The first-order valence-corrected chi connectivity index (χ1v) is 5.93. The zero-order valence-corrected chi connectivity index (χ0v) is 9.93. The van der Waals surface area contributed by atoms with Crippen LogP contribution in [0.2, 0.25) is 0 Å². The Morgan fingerprint density at radius 3 is 2.22 bits per heavy atom. The van der Waals surface area contributed by atoms with Crippen molar-refractivity contribution in [2.75, 3.05) is 13.2 Å². The molecule has 1 aromatic carbocycles. The first-order valence-electron chi connectivity index (χ1n) is 5.93. The lowest BCUT2D eigenvalue weighted by atomic mass is 10.1. The lowest BCUT2D eigenvalue weighted by Crippen LogP contribution is -2.26. The van der Waals surface area contributed by atoms with E-state index in [9.17, 15) is 13.2 Å². The average molecular weight is 259 g/mol. The van der Waals surface area contributed by atoms with Crippen LogP contribution >= 0.6 is 0 Å². The van der Waals surface area contributed by atoms with E-state index in [0.717, 1.165) is 30.5 Å². The summed E-state index contributed by atoms with van der Waals surface area (Å²) in [6.45, 7) is 1.41. The van der Waals surface area contributed by atoms with Crippen LogP contribution in [0, 0.1) is 5.41 Å². The fourth-order valence-corrected chi connectivity index (χ4v) is 1.85. The summed E-state index contributed by atoms with van der Waals surface area (Å²) in [5, 5.41) is 12.3. The molecule has 1 saturated carbocycles. The average Bonchev–Trinajstić information content (AvgIpc) is 3.09. The minimum absolute atomic E-state index is 0.0198. The molecule has 5 heteroatoms. The highest BCUT2D eigenvalue weighted by Crippen LogP contribution is 2.44. The van der Waals surface area contributed by atoms with Gasteiger partial charge >= 0.3 is 6.18 Å². The molecule has 0 heterocycles. The SMILES string of the molecule is OCC1(CNCc2ccc(C(F)(F)F)cc2)CC1. The van der Waals surface area contributed by atoms with E-state index in [0.29, 0.717) is 13.1 Å². The highest BCUT2D eigenvalue weighted by atomic mass is 19.4. The van der Waals surface area contributed by atoms with Gasteiger partial charge in [-0.05, 0) is 30.5 Å². The van der Waals surface area contributed by atoms with Gasteiger partial charge in [0.25, 0.3) is 0 Å². The number of hydrogen-bond donors (Lipinski definition) is 2. The normalized spacial score (nSPS) is 17.8. The predicted octanol–water partition coefficient (Wildman–Crippen LogP) is 2.57. The van der Waals surface area contributed by atoms with Crippen molar-refractivity contribution in [2.24, 2.45) is 5.41 Å². The summed E-state index contributed by atoms with van der Waals surface area (Å²) in [4.78, 5) is 0. The van der Waals surface area contributed by atoms with Crippen LogP contribution in [0.3, 0.4) is 0 Å². The van der Waals surface area contributed by atoms with E-state index >= 15 is 0 Å².